The van der Waals surface area contributed by atoms with Gasteiger partial charge >= 0.3 is 5.97 Å². The number of carboxylic acid groups (broad SMARTS) is 1. The van der Waals surface area contributed by atoms with Gasteiger partial charge in [-0.1, -0.05) is 19.2 Å². The first kappa shape index (κ1) is 17.5. The van der Waals surface area contributed by atoms with E-state index in [1.807, 2.05) is 0 Å². The van der Waals surface area contributed by atoms with E-state index in [0.717, 1.165) is 38.8 Å². The second-order valence-electron chi connectivity index (χ2n) is 5.74. The second kappa shape index (κ2) is 8.65. The zero-order valence-corrected chi connectivity index (χ0v) is 12.5. The summed E-state index contributed by atoms with van der Waals surface area (Å²) in [6, 6.07) is 0.405. The third-order valence-corrected chi connectivity index (χ3v) is 4.21. The molecule has 1 saturated heterocycles. The summed E-state index contributed by atoms with van der Waals surface area (Å²) in [6.45, 7) is 2.43. The molecule has 1 aliphatic rings. The van der Waals surface area contributed by atoms with Crippen LogP contribution >= 0.6 is 0 Å². The van der Waals surface area contributed by atoms with Crippen LogP contribution < -0.4 is 5.73 Å². The Morgan fingerprint density at radius 2 is 2.25 bits per heavy atom. The predicted molar refractivity (Wildman–Crippen MR) is 80.1 cm³/mol. The van der Waals surface area contributed by atoms with Crippen LogP contribution in [-0.4, -0.2) is 62.2 Å². The Hall–Kier alpha value is -0.585. The summed E-state index contributed by atoms with van der Waals surface area (Å²) in [7, 11) is 7.15. The molecule has 20 heavy (non-hydrogen) atoms. The summed E-state index contributed by atoms with van der Waals surface area (Å²) < 4.78 is 5.21. The number of nitrogens with zero attached hydrogens (tertiary/aromatic N) is 1. The molecule has 1 rings (SSSR count). The van der Waals surface area contributed by atoms with Crippen molar-refractivity contribution in [3.05, 3.63) is 0 Å². The maximum Gasteiger partial charge on any atom is 0.323 e. The average molecular weight is 282 g/mol. The summed E-state index contributed by atoms with van der Waals surface area (Å²) in [5.74, 6) is -0.906. The molecule has 0 aromatic rings. The predicted octanol–water partition coefficient (Wildman–Crippen LogP) is 1.03. The van der Waals surface area contributed by atoms with E-state index in [2.05, 4.69) is 4.90 Å². The van der Waals surface area contributed by atoms with Crippen molar-refractivity contribution in [2.75, 3.05) is 26.8 Å². The van der Waals surface area contributed by atoms with E-state index in [1.54, 1.807) is 7.11 Å². The van der Waals surface area contributed by atoms with E-state index in [4.69, 9.17) is 18.3 Å². The smallest absolute Gasteiger partial charge is 0.323 e. The van der Waals surface area contributed by atoms with Crippen molar-refractivity contribution in [3.8, 4) is 0 Å². The average Bonchev–Trinajstić information content (AvgIpc) is 2.84. The van der Waals surface area contributed by atoms with Gasteiger partial charge < -0.3 is 15.6 Å². The molecule has 0 bridgehead atoms. The molecule has 6 heteroatoms. The number of hydrogen-bond donors (Lipinski definition) is 2. The molecule has 0 aliphatic carbocycles. The molecule has 3 N–H and O–H groups in total. The number of aliphatic carboxylic acids is 1. The zero-order valence-electron chi connectivity index (χ0n) is 12.5. The Bertz CT molecular complexity index is 304. The SMILES string of the molecule is [B]CCCCC(N)(CCN1CCC[C@H]1COC)C(=O)O. The molecule has 5 nitrogen and oxygen atoms in total. The standard InChI is InChI=1S/C14H27BN2O3/c1-20-11-12-5-4-9-17(12)10-7-14(16,13(18)19)6-2-3-8-15/h12H,2-11,16H2,1H3,(H,18,19)/t12-,14?/m0/s1. The van der Waals surface area contributed by atoms with Gasteiger partial charge in [-0.2, -0.15) is 0 Å². The minimum absolute atomic E-state index is 0.405. The Labute approximate surface area is 123 Å². The number of methoxy groups -OCH3 is 1. The normalized spacial score (nSPS) is 22.8. The van der Waals surface area contributed by atoms with E-state index in [1.165, 1.54) is 0 Å². The minimum Gasteiger partial charge on any atom is -0.480 e. The lowest BCUT2D eigenvalue weighted by Crippen LogP contribution is -2.50. The van der Waals surface area contributed by atoms with Crippen molar-refractivity contribution in [1.29, 1.82) is 0 Å². The van der Waals surface area contributed by atoms with Gasteiger partial charge in [0.05, 0.1) is 14.5 Å². The molecule has 1 heterocycles. The zero-order chi connectivity index (χ0) is 15.0. The lowest BCUT2D eigenvalue weighted by atomic mass is 9.88. The van der Waals surface area contributed by atoms with Crippen LogP contribution in [0.2, 0.25) is 6.32 Å². The number of carboxylic acids is 1. The van der Waals surface area contributed by atoms with Gasteiger partial charge in [0.25, 0.3) is 0 Å². The van der Waals surface area contributed by atoms with Crippen LogP contribution in [0.3, 0.4) is 0 Å². The number of unbranched alkanes of at least 4 members (excludes halogenated alkanes) is 1. The highest BCUT2D eigenvalue weighted by Gasteiger charge is 2.35. The first-order valence-corrected chi connectivity index (χ1v) is 7.49. The first-order valence-electron chi connectivity index (χ1n) is 7.49. The third kappa shape index (κ3) is 5.07. The van der Waals surface area contributed by atoms with Crippen LogP contribution in [0.5, 0.6) is 0 Å². The summed E-state index contributed by atoms with van der Waals surface area (Å²) in [4.78, 5) is 13.7. The van der Waals surface area contributed by atoms with Gasteiger partial charge in [-0.25, -0.2) is 0 Å². The molecule has 0 saturated carbocycles. The molecule has 2 radical (unpaired) electrons. The summed E-state index contributed by atoms with van der Waals surface area (Å²) in [6.07, 6.45) is 5.40. The van der Waals surface area contributed by atoms with Gasteiger partial charge in [0.15, 0.2) is 0 Å². The Kier molecular flexibility index (Phi) is 7.55. The number of hydrogen-bond acceptors (Lipinski definition) is 4. The van der Waals surface area contributed by atoms with E-state index in [-0.39, 0.29) is 0 Å². The molecular weight excluding hydrogens is 255 g/mol. The van der Waals surface area contributed by atoms with Gasteiger partial charge in [0, 0.05) is 19.7 Å². The fourth-order valence-electron chi connectivity index (χ4n) is 2.84. The van der Waals surface area contributed by atoms with Gasteiger partial charge in [-0.3, -0.25) is 9.69 Å². The van der Waals surface area contributed by atoms with Crippen LogP contribution in [0.15, 0.2) is 0 Å². The van der Waals surface area contributed by atoms with Crippen molar-refractivity contribution in [2.24, 2.45) is 5.73 Å². The second-order valence-corrected chi connectivity index (χ2v) is 5.74. The van der Waals surface area contributed by atoms with Crippen molar-refractivity contribution in [2.45, 2.75) is 56.4 Å². The third-order valence-electron chi connectivity index (χ3n) is 4.21. The maximum atomic E-state index is 11.4. The molecule has 0 spiro atoms. The molecule has 2 atom stereocenters. The van der Waals surface area contributed by atoms with Gasteiger partial charge in [-0.15, -0.1) is 0 Å². The highest BCUT2D eigenvalue weighted by atomic mass is 16.5. The summed E-state index contributed by atoms with van der Waals surface area (Å²) >= 11 is 0. The van der Waals surface area contributed by atoms with E-state index in [0.29, 0.717) is 31.8 Å². The summed E-state index contributed by atoms with van der Waals surface area (Å²) in [5.41, 5.74) is 4.95. The van der Waals surface area contributed by atoms with E-state index < -0.39 is 11.5 Å². The van der Waals surface area contributed by atoms with Gasteiger partial charge in [-0.05, 0) is 32.2 Å². The quantitative estimate of drug-likeness (QED) is 0.462. The number of nitrogens with two attached hydrogens (primary N) is 1. The first-order chi connectivity index (χ1) is 9.53. The number of likely N-dealkylation sites (tertiary alicyclic amines) is 1. The van der Waals surface area contributed by atoms with Crippen molar-refractivity contribution < 1.29 is 14.6 Å². The van der Waals surface area contributed by atoms with E-state index in [9.17, 15) is 9.90 Å². The highest BCUT2D eigenvalue weighted by molar-refractivity contribution is 6.08. The lowest BCUT2D eigenvalue weighted by molar-refractivity contribution is -0.144. The van der Waals surface area contributed by atoms with Crippen LogP contribution in [0.4, 0.5) is 0 Å². The molecule has 0 aromatic heterocycles. The highest BCUT2D eigenvalue weighted by Crippen LogP contribution is 2.22. The molecule has 0 amide bonds. The Balaban J connectivity index is 2.47. The molecule has 114 valence electrons. The van der Waals surface area contributed by atoms with Gasteiger partial charge in [0.1, 0.15) is 5.54 Å². The molecule has 1 unspecified atom stereocenters. The largest absolute Gasteiger partial charge is 0.480 e. The number of ether oxygens (including phenoxy) is 1. The summed E-state index contributed by atoms with van der Waals surface area (Å²) in [5, 5.41) is 9.38. The number of rotatable bonds is 10. The maximum absolute atomic E-state index is 11.4. The van der Waals surface area contributed by atoms with E-state index >= 15 is 0 Å². The molecule has 1 fully saturated rings. The fraction of sp³-hybridized carbons (Fsp3) is 0.929. The van der Waals surface area contributed by atoms with Crippen LogP contribution in [0.1, 0.15) is 38.5 Å². The van der Waals surface area contributed by atoms with Gasteiger partial charge in [0.2, 0.25) is 0 Å². The van der Waals surface area contributed by atoms with Crippen molar-refractivity contribution >= 4 is 13.8 Å². The minimum atomic E-state index is -1.13. The topological polar surface area (TPSA) is 75.8 Å². The van der Waals surface area contributed by atoms with Crippen molar-refractivity contribution in [1.82, 2.24) is 4.90 Å². The molecular formula is C14H27BN2O3. The molecule has 0 aromatic carbocycles. The van der Waals surface area contributed by atoms with Crippen LogP contribution in [0.25, 0.3) is 0 Å². The molecule has 1 aliphatic heterocycles. The lowest BCUT2D eigenvalue weighted by Gasteiger charge is -2.30. The Morgan fingerprint density at radius 3 is 2.85 bits per heavy atom. The number of carbonyl (C=O) groups is 1. The van der Waals surface area contributed by atoms with Crippen molar-refractivity contribution in [3.63, 3.8) is 0 Å². The fourth-order valence-corrected chi connectivity index (χ4v) is 2.84. The monoisotopic (exact) mass is 282 g/mol. The van der Waals surface area contributed by atoms with Crippen LogP contribution in [0, 0.1) is 0 Å². The Morgan fingerprint density at radius 1 is 1.50 bits per heavy atom. The van der Waals surface area contributed by atoms with Crippen LogP contribution in [-0.2, 0) is 9.53 Å².